The van der Waals surface area contributed by atoms with E-state index < -0.39 is 0 Å². The standard InChI is InChI=1S/C18H31NO2/c1-2-19-17(12-15-6-4-3-5-7-15)16-8-10-21-18(13-16)9-11-20-14-18/h6,16-17,19H,2-5,7-14H2,1H3. The van der Waals surface area contributed by atoms with Crippen LogP contribution >= 0.6 is 0 Å². The quantitative estimate of drug-likeness (QED) is 0.788. The Morgan fingerprint density at radius 2 is 2.33 bits per heavy atom. The lowest BCUT2D eigenvalue weighted by Crippen LogP contribution is -2.47. The van der Waals surface area contributed by atoms with Crippen LogP contribution in [0.25, 0.3) is 0 Å². The van der Waals surface area contributed by atoms with E-state index >= 15 is 0 Å². The minimum absolute atomic E-state index is 0.0392. The maximum Gasteiger partial charge on any atom is 0.0939 e. The van der Waals surface area contributed by atoms with E-state index in [2.05, 4.69) is 18.3 Å². The van der Waals surface area contributed by atoms with E-state index in [0.717, 1.165) is 38.7 Å². The third-order valence-electron chi connectivity index (χ3n) is 5.50. The van der Waals surface area contributed by atoms with E-state index in [0.29, 0.717) is 6.04 Å². The van der Waals surface area contributed by atoms with Crippen LogP contribution in [0.5, 0.6) is 0 Å². The van der Waals surface area contributed by atoms with Gasteiger partial charge in [-0.3, -0.25) is 0 Å². The monoisotopic (exact) mass is 293 g/mol. The number of hydrogen-bond acceptors (Lipinski definition) is 3. The van der Waals surface area contributed by atoms with Crippen molar-refractivity contribution in [1.82, 2.24) is 5.32 Å². The smallest absolute Gasteiger partial charge is 0.0939 e. The second kappa shape index (κ2) is 7.26. The summed E-state index contributed by atoms with van der Waals surface area (Å²) >= 11 is 0. The van der Waals surface area contributed by atoms with Crippen LogP contribution < -0.4 is 5.32 Å². The molecular weight excluding hydrogens is 262 g/mol. The molecule has 3 unspecified atom stereocenters. The molecule has 2 aliphatic heterocycles. The molecule has 21 heavy (non-hydrogen) atoms. The summed E-state index contributed by atoms with van der Waals surface area (Å²) in [6.45, 7) is 5.90. The van der Waals surface area contributed by atoms with Gasteiger partial charge in [0.1, 0.15) is 0 Å². The highest BCUT2D eigenvalue weighted by molar-refractivity contribution is 5.08. The Labute approximate surface area is 129 Å². The van der Waals surface area contributed by atoms with Crippen molar-refractivity contribution < 1.29 is 9.47 Å². The highest BCUT2D eigenvalue weighted by Crippen LogP contribution is 2.38. The van der Waals surface area contributed by atoms with Gasteiger partial charge in [0.25, 0.3) is 0 Å². The zero-order valence-corrected chi connectivity index (χ0v) is 13.5. The van der Waals surface area contributed by atoms with Crippen LogP contribution in [0.1, 0.15) is 58.3 Å². The topological polar surface area (TPSA) is 30.5 Å². The lowest BCUT2D eigenvalue weighted by atomic mass is 9.78. The van der Waals surface area contributed by atoms with Gasteiger partial charge in [-0.05, 0) is 57.4 Å². The molecule has 0 bridgehead atoms. The molecule has 0 aromatic heterocycles. The van der Waals surface area contributed by atoms with Gasteiger partial charge in [-0.2, -0.15) is 0 Å². The molecule has 3 rings (SSSR count). The van der Waals surface area contributed by atoms with E-state index in [9.17, 15) is 0 Å². The summed E-state index contributed by atoms with van der Waals surface area (Å²) in [5, 5.41) is 3.77. The third-order valence-corrected chi connectivity index (χ3v) is 5.50. The van der Waals surface area contributed by atoms with Gasteiger partial charge in [0.05, 0.1) is 12.2 Å². The summed E-state index contributed by atoms with van der Waals surface area (Å²) in [7, 11) is 0. The van der Waals surface area contributed by atoms with Crippen molar-refractivity contribution in [2.24, 2.45) is 5.92 Å². The van der Waals surface area contributed by atoms with Crippen molar-refractivity contribution in [3.8, 4) is 0 Å². The second-order valence-electron chi connectivity index (χ2n) is 7.06. The van der Waals surface area contributed by atoms with E-state index in [1.54, 1.807) is 5.57 Å². The van der Waals surface area contributed by atoms with Crippen molar-refractivity contribution in [3.05, 3.63) is 11.6 Å². The van der Waals surface area contributed by atoms with E-state index in [-0.39, 0.29) is 5.60 Å². The molecule has 3 nitrogen and oxygen atoms in total. The van der Waals surface area contributed by atoms with Gasteiger partial charge in [-0.1, -0.05) is 18.6 Å². The lowest BCUT2D eigenvalue weighted by molar-refractivity contribution is -0.103. The van der Waals surface area contributed by atoms with Crippen LogP contribution in [-0.4, -0.2) is 38.0 Å². The molecule has 0 aromatic rings. The van der Waals surface area contributed by atoms with Crippen molar-refractivity contribution in [2.45, 2.75) is 69.9 Å². The van der Waals surface area contributed by atoms with Crippen LogP contribution in [0.15, 0.2) is 11.6 Å². The zero-order valence-electron chi connectivity index (χ0n) is 13.5. The molecule has 3 aliphatic rings. The molecule has 1 aliphatic carbocycles. The van der Waals surface area contributed by atoms with Gasteiger partial charge in [-0.15, -0.1) is 0 Å². The largest absolute Gasteiger partial charge is 0.378 e. The number of rotatable bonds is 5. The van der Waals surface area contributed by atoms with Gasteiger partial charge in [0, 0.05) is 25.7 Å². The fourth-order valence-corrected chi connectivity index (χ4v) is 4.31. The Balaban J connectivity index is 1.63. The van der Waals surface area contributed by atoms with Crippen LogP contribution in [-0.2, 0) is 9.47 Å². The minimum Gasteiger partial charge on any atom is -0.378 e. The highest BCUT2D eigenvalue weighted by Gasteiger charge is 2.42. The average molecular weight is 293 g/mol. The SMILES string of the molecule is CCNC(CC1=CCCCC1)C1CCOC2(CCOC2)C1. The van der Waals surface area contributed by atoms with Crippen molar-refractivity contribution in [3.63, 3.8) is 0 Å². The van der Waals surface area contributed by atoms with E-state index in [1.807, 2.05) is 0 Å². The van der Waals surface area contributed by atoms with Crippen LogP contribution in [0.4, 0.5) is 0 Å². The van der Waals surface area contributed by atoms with Crippen LogP contribution in [0.2, 0.25) is 0 Å². The molecule has 1 spiro atoms. The molecule has 0 radical (unpaired) electrons. The molecule has 0 saturated carbocycles. The van der Waals surface area contributed by atoms with Crippen LogP contribution in [0, 0.1) is 5.92 Å². The molecule has 2 saturated heterocycles. The summed E-state index contributed by atoms with van der Waals surface area (Å²) in [6.07, 6.45) is 12.6. The molecule has 3 atom stereocenters. The maximum atomic E-state index is 6.11. The number of hydrogen-bond donors (Lipinski definition) is 1. The summed E-state index contributed by atoms with van der Waals surface area (Å²) in [5.74, 6) is 0.739. The van der Waals surface area contributed by atoms with Gasteiger partial charge in [0.15, 0.2) is 0 Å². The van der Waals surface area contributed by atoms with Gasteiger partial charge in [0.2, 0.25) is 0 Å². The third kappa shape index (κ3) is 3.88. The lowest BCUT2D eigenvalue weighted by Gasteiger charge is -2.41. The number of nitrogens with one attached hydrogen (secondary N) is 1. The first-order valence-corrected chi connectivity index (χ1v) is 8.94. The molecule has 3 heteroatoms. The molecule has 1 N–H and O–H groups in total. The zero-order chi connectivity index (χ0) is 14.5. The Morgan fingerprint density at radius 1 is 1.38 bits per heavy atom. The molecular formula is C18H31NO2. The predicted molar refractivity (Wildman–Crippen MR) is 85.5 cm³/mol. The number of allylic oxidation sites excluding steroid dienone is 1. The maximum absolute atomic E-state index is 6.11. The summed E-state index contributed by atoms with van der Waals surface area (Å²) < 4.78 is 11.7. The summed E-state index contributed by atoms with van der Waals surface area (Å²) in [4.78, 5) is 0. The van der Waals surface area contributed by atoms with Crippen molar-refractivity contribution in [1.29, 1.82) is 0 Å². The first-order valence-electron chi connectivity index (χ1n) is 8.94. The second-order valence-corrected chi connectivity index (χ2v) is 7.06. The highest BCUT2D eigenvalue weighted by atomic mass is 16.6. The summed E-state index contributed by atoms with van der Waals surface area (Å²) in [5.41, 5.74) is 1.73. The van der Waals surface area contributed by atoms with Gasteiger partial charge >= 0.3 is 0 Å². The van der Waals surface area contributed by atoms with Gasteiger partial charge < -0.3 is 14.8 Å². The fraction of sp³-hybridized carbons (Fsp3) is 0.889. The van der Waals surface area contributed by atoms with E-state index in [1.165, 1.54) is 44.9 Å². The van der Waals surface area contributed by atoms with Crippen molar-refractivity contribution in [2.75, 3.05) is 26.4 Å². The average Bonchev–Trinajstić information content (AvgIpc) is 2.96. The normalized spacial score (nSPS) is 34.9. The van der Waals surface area contributed by atoms with E-state index in [4.69, 9.17) is 9.47 Å². The fourth-order valence-electron chi connectivity index (χ4n) is 4.31. The Hall–Kier alpha value is -0.380. The van der Waals surface area contributed by atoms with Crippen molar-refractivity contribution >= 4 is 0 Å². The van der Waals surface area contributed by atoms with Crippen LogP contribution in [0.3, 0.4) is 0 Å². The van der Waals surface area contributed by atoms with Gasteiger partial charge in [-0.25, -0.2) is 0 Å². The molecule has 0 amide bonds. The molecule has 120 valence electrons. The Bertz CT molecular complexity index is 360. The molecule has 2 fully saturated rings. The molecule has 0 aromatic carbocycles. The predicted octanol–water partition coefficient (Wildman–Crippen LogP) is 3.44. The summed E-state index contributed by atoms with van der Waals surface area (Å²) in [6, 6.07) is 0.626. The first kappa shape index (κ1) is 15.5. The minimum atomic E-state index is 0.0392. The number of ether oxygens (including phenoxy) is 2. The molecule has 2 heterocycles. The first-order chi connectivity index (χ1) is 10.3. The Morgan fingerprint density at radius 3 is 3.05 bits per heavy atom. The Kier molecular flexibility index (Phi) is 5.36.